The van der Waals surface area contributed by atoms with E-state index in [1.165, 1.54) is 49.1 Å². The molecular formula is C34H36N8O4S2Sn2. The minimum atomic E-state index is -0.128. The van der Waals surface area contributed by atoms with Crippen LogP contribution in [-0.4, -0.2) is 82.9 Å². The number of nitrogens with one attached hydrogen (secondary N) is 4. The first-order chi connectivity index (χ1) is 21.3. The van der Waals surface area contributed by atoms with Crippen LogP contribution in [0.2, 0.25) is 0 Å². The summed E-state index contributed by atoms with van der Waals surface area (Å²) >= 11 is 9.89. The van der Waals surface area contributed by atoms with Crippen LogP contribution in [0.5, 0.6) is 23.0 Å². The van der Waals surface area contributed by atoms with E-state index in [1.807, 2.05) is 0 Å². The van der Waals surface area contributed by atoms with Crippen molar-refractivity contribution in [3.8, 4) is 23.0 Å². The van der Waals surface area contributed by atoms with E-state index in [0.717, 1.165) is 0 Å². The topological polar surface area (TPSA) is 190 Å². The minimum Gasteiger partial charge on any atom is -0.872 e. The molecule has 4 rings (SSSR count). The van der Waals surface area contributed by atoms with Gasteiger partial charge in [-0.3, -0.25) is 21.7 Å². The van der Waals surface area contributed by atoms with Crippen molar-refractivity contribution in [2.75, 3.05) is 0 Å². The number of benzene rings is 4. The Morgan fingerprint density at radius 2 is 0.580 bits per heavy atom. The molecule has 0 aromatic heterocycles. The van der Waals surface area contributed by atoms with E-state index in [0.29, 0.717) is 22.3 Å². The maximum Gasteiger partial charge on any atom is 4.00 e. The molecule has 0 spiro atoms. The average molecular weight is 922 g/mol. The number of hydrazone groups is 4. The summed E-state index contributed by atoms with van der Waals surface area (Å²) in [6, 6.07) is 26.0. The normalized spacial score (nSPS) is 9.60. The van der Waals surface area contributed by atoms with Crippen LogP contribution in [0, 0.1) is 29.7 Å². The molecule has 0 aliphatic carbocycles. The van der Waals surface area contributed by atoms with Gasteiger partial charge in [0.2, 0.25) is 10.2 Å². The minimum absolute atomic E-state index is 0. The predicted octanol–water partition coefficient (Wildman–Crippen LogP) is 2.37. The van der Waals surface area contributed by atoms with Crippen LogP contribution in [0.3, 0.4) is 0 Å². The summed E-state index contributed by atoms with van der Waals surface area (Å²) < 4.78 is 0. The van der Waals surface area contributed by atoms with Crippen molar-refractivity contribution in [1.29, 1.82) is 0 Å². The second kappa shape index (κ2) is 29.6. The van der Waals surface area contributed by atoms with E-state index in [2.05, 4.69) is 42.1 Å². The second-order valence-electron chi connectivity index (χ2n) is 8.29. The van der Waals surface area contributed by atoms with Gasteiger partial charge in [-0.15, -0.1) is 0 Å². The zero-order valence-electron chi connectivity index (χ0n) is 27.8. The first kappa shape index (κ1) is 52.5. The van der Waals surface area contributed by atoms with Crippen LogP contribution in [0.4, 0.5) is 0 Å². The van der Waals surface area contributed by atoms with Crippen LogP contribution >= 0.6 is 24.4 Å². The van der Waals surface area contributed by atoms with Crippen molar-refractivity contribution < 1.29 is 20.4 Å². The number of thiocarbonyl (C=S) groups is 2. The third kappa shape index (κ3) is 19.7. The molecule has 0 amide bonds. The molecule has 4 aromatic rings. The number of hydrogen-bond acceptors (Lipinski definition) is 10. The standard InChI is InChI=1S/2C15H14N4O2S.4CH3.2Sn/c2*20-13-7-3-1-5-11(13)9-16-18-15(22)19-17-10-12-6-2-4-8-14(12)21;;;;;;/h2*1-10,20-21H,(H2,18,19,22);4*1H3;;/q;;4*-1;2*+4/p-4/b2*16-9+,17-10+;;;;;;. The number of nitrogens with zero attached hydrogens (tertiary/aromatic N) is 4. The monoisotopic (exact) mass is 924 g/mol. The van der Waals surface area contributed by atoms with Crippen molar-refractivity contribution in [1.82, 2.24) is 21.7 Å². The first-order valence-electron chi connectivity index (χ1n) is 12.6. The molecule has 0 heterocycles. The maximum absolute atomic E-state index is 11.4. The summed E-state index contributed by atoms with van der Waals surface area (Å²) in [6.07, 6.45) is 5.47. The summed E-state index contributed by atoms with van der Waals surface area (Å²) in [5.74, 6) is -0.511. The largest absolute Gasteiger partial charge is 4.00 e. The number of rotatable bonds is 8. The molecule has 0 saturated heterocycles. The Hall–Kier alpha value is -4.26. The van der Waals surface area contributed by atoms with Gasteiger partial charge in [0.05, 0.1) is 24.9 Å². The van der Waals surface area contributed by atoms with E-state index >= 15 is 0 Å². The summed E-state index contributed by atoms with van der Waals surface area (Å²) in [5.41, 5.74) is 11.9. The molecule has 16 heteroatoms. The second-order valence-corrected chi connectivity index (χ2v) is 9.11. The van der Waals surface area contributed by atoms with E-state index in [4.69, 9.17) is 24.4 Å². The molecule has 0 atom stereocenters. The molecule has 0 bridgehead atoms. The molecule has 4 N–H and O–H groups in total. The van der Waals surface area contributed by atoms with E-state index in [9.17, 15) is 20.4 Å². The fraction of sp³-hybridized carbons (Fsp3) is 0. The van der Waals surface area contributed by atoms with Crippen LogP contribution in [-0.2, 0) is 0 Å². The Labute approximate surface area is 339 Å². The van der Waals surface area contributed by atoms with Gasteiger partial charge >= 0.3 is 47.8 Å². The first-order valence-corrected chi connectivity index (χ1v) is 13.4. The van der Waals surface area contributed by atoms with Gasteiger partial charge in [0.25, 0.3) is 0 Å². The van der Waals surface area contributed by atoms with Crippen molar-refractivity contribution in [2.45, 2.75) is 0 Å². The predicted molar refractivity (Wildman–Crippen MR) is 209 cm³/mol. The summed E-state index contributed by atoms with van der Waals surface area (Å²) in [4.78, 5) is 0. The summed E-state index contributed by atoms with van der Waals surface area (Å²) in [5, 5.41) is 61.3. The van der Waals surface area contributed by atoms with Crippen molar-refractivity contribution >= 4 is 107 Å². The Morgan fingerprint density at radius 1 is 0.400 bits per heavy atom. The zero-order valence-corrected chi connectivity index (χ0v) is 35.1. The van der Waals surface area contributed by atoms with E-state index in [-0.39, 0.29) is 111 Å². The Kier molecular flexibility index (Phi) is 31.1. The third-order valence-corrected chi connectivity index (χ3v) is 5.52. The Morgan fingerprint density at radius 3 is 0.760 bits per heavy atom. The van der Waals surface area contributed by atoms with Gasteiger partial charge in [-0.05, 0) is 46.7 Å². The van der Waals surface area contributed by atoms with Crippen LogP contribution in [0.1, 0.15) is 22.3 Å². The van der Waals surface area contributed by atoms with Gasteiger partial charge in [0.1, 0.15) is 0 Å². The van der Waals surface area contributed by atoms with Gasteiger partial charge in [-0.1, -0.05) is 120 Å². The molecule has 0 fully saturated rings. The Balaban J connectivity index is -0.000000378. The van der Waals surface area contributed by atoms with Crippen LogP contribution in [0.25, 0.3) is 0 Å². The Bertz CT molecular complexity index is 1450. The third-order valence-electron chi connectivity index (χ3n) is 5.15. The molecule has 0 unspecified atom stereocenters. The fourth-order valence-corrected chi connectivity index (χ4v) is 3.25. The summed E-state index contributed by atoms with van der Waals surface area (Å²) in [7, 11) is 0. The van der Waals surface area contributed by atoms with E-state index < -0.39 is 0 Å². The van der Waals surface area contributed by atoms with Gasteiger partial charge < -0.3 is 50.1 Å². The average Bonchev–Trinajstić information content (AvgIpc) is 3.01. The SMILES string of the molecule is [CH3-].[CH3-].[CH3-].[CH3-].[O-]c1ccccc1/C=N/NC(=S)N/N=C/c1ccccc1[O-].[O-]c1ccccc1/C=N/NC(=S)N/N=C/c1ccccc1[O-].[Sn+4].[Sn+4]. The van der Waals surface area contributed by atoms with Crippen molar-refractivity contribution in [3.05, 3.63) is 149 Å². The number of para-hydroxylation sites is 4. The molecule has 256 valence electrons. The smallest absolute Gasteiger partial charge is 0.872 e. The van der Waals surface area contributed by atoms with Gasteiger partial charge in [0, 0.05) is 0 Å². The molecule has 0 aliphatic rings. The van der Waals surface area contributed by atoms with Crippen LogP contribution < -0.4 is 42.1 Å². The van der Waals surface area contributed by atoms with Gasteiger partial charge in [-0.2, -0.15) is 20.4 Å². The summed E-state index contributed by atoms with van der Waals surface area (Å²) in [6.45, 7) is 0. The van der Waals surface area contributed by atoms with Crippen LogP contribution in [0.15, 0.2) is 117 Å². The molecule has 4 aromatic carbocycles. The van der Waals surface area contributed by atoms with Crippen molar-refractivity contribution in [2.24, 2.45) is 20.4 Å². The zero-order chi connectivity index (χ0) is 31.6. The fourth-order valence-electron chi connectivity index (χ4n) is 3.04. The molecule has 0 radical (unpaired) electrons. The molecule has 0 saturated carbocycles. The molecular weight excluding hydrogens is 886 g/mol. The number of hydrogen-bond donors (Lipinski definition) is 4. The maximum atomic E-state index is 11.4. The van der Waals surface area contributed by atoms with Crippen molar-refractivity contribution in [3.63, 3.8) is 0 Å². The van der Waals surface area contributed by atoms with E-state index in [1.54, 1.807) is 72.8 Å². The molecule has 50 heavy (non-hydrogen) atoms. The molecule has 0 aliphatic heterocycles. The molecule has 12 nitrogen and oxygen atoms in total. The van der Waals surface area contributed by atoms with Gasteiger partial charge in [0.15, 0.2) is 0 Å². The van der Waals surface area contributed by atoms with Gasteiger partial charge in [-0.25, -0.2) is 0 Å². The quantitative estimate of drug-likeness (QED) is 0.0672.